The average molecular weight is 541 g/mol. The fourth-order valence-corrected chi connectivity index (χ4v) is 4.95. The van der Waals surface area contributed by atoms with Crippen molar-refractivity contribution in [1.29, 1.82) is 0 Å². The third kappa shape index (κ3) is 5.31. The molecule has 1 aliphatic rings. The minimum atomic E-state index is -4.83. The first-order valence-corrected chi connectivity index (χ1v) is 13.2. The summed E-state index contributed by atoms with van der Waals surface area (Å²) in [7, 11) is -4.10. The number of alkyl halides is 3. The SMILES string of the molecule is NS(=O)(=O)c1cccc(-c2nc(C(F)(F)F)nc(N3CCN(c4ccccn4)CC3)c2-c2ccccc2)c1. The molecule has 3 heterocycles. The molecular weight excluding hydrogens is 517 g/mol. The number of nitrogens with two attached hydrogens (primary N) is 1. The maximum absolute atomic E-state index is 14.0. The van der Waals surface area contributed by atoms with E-state index in [0.717, 1.165) is 5.82 Å². The molecule has 38 heavy (non-hydrogen) atoms. The van der Waals surface area contributed by atoms with Gasteiger partial charge in [0.05, 0.1) is 16.2 Å². The highest BCUT2D eigenvalue weighted by Crippen LogP contribution is 2.41. The normalized spacial score (nSPS) is 14.5. The highest BCUT2D eigenvalue weighted by atomic mass is 32.2. The molecule has 1 saturated heterocycles. The molecule has 0 amide bonds. The van der Waals surface area contributed by atoms with Gasteiger partial charge in [0.1, 0.15) is 11.6 Å². The predicted octanol–water partition coefficient (Wildman–Crippen LogP) is 4.20. The third-order valence-corrected chi connectivity index (χ3v) is 7.11. The molecule has 1 fully saturated rings. The Morgan fingerprint density at radius 2 is 1.45 bits per heavy atom. The second-order valence-corrected chi connectivity index (χ2v) is 10.3. The van der Waals surface area contributed by atoms with Crippen molar-refractivity contribution in [3.05, 3.63) is 84.8 Å². The molecular formula is C26H23F3N6O2S. The number of pyridine rings is 1. The van der Waals surface area contributed by atoms with Crippen LogP contribution in [0.3, 0.4) is 0 Å². The summed E-state index contributed by atoms with van der Waals surface area (Å²) in [6, 6.07) is 19.9. The Labute approximate surface area is 217 Å². The fraction of sp³-hybridized carbons (Fsp3) is 0.192. The van der Waals surface area contributed by atoms with E-state index in [1.54, 1.807) is 41.4 Å². The van der Waals surface area contributed by atoms with Gasteiger partial charge in [-0.2, -0.15) is 13.2 Å². The summed E-state index contributed by atoms with van der Waals surface area (Å²) in [6.07, 6.45) is -3.14. The third-order valence-electron chi connectivity index (χ3n) is 6.19. The minimum Gasteiger partial charge on any atom is -0.353 e. The summed E-state index contributed by atoms with van der Waals surface area (Å²) in [5.74, 6) is -0.403. The molecule has 2 N–H and O–H groups in total. The van der Waals surface area contributed by atoms with Gasteiger partial charge in [-0.1, -0.05) is 48.5 Å². The minimum absolute atomic E-state index is 0.0359. The summed E-state index contributed by atoms with van der Waals surface area (Å²) >= 11 is 0. The van der Waals surface area contributed by atoms with Crippen LogP contribution in [0.25, 0.3) is 22.4 Å². The van der Waals surface area contributed by atoms with Crippen LogP contribution in [0.15, 0.2) is 83.9 Å². The molecule has 2 aromatic carbocycles. The lowest BCUT2D eigenvalue weighted by atomic mass is 9.98. The van der Waals surface area contributed by atoms with Crippen LogP contribution in [0, 0.1) is 0 Å². The van der Waals surface area contributed by atoms with Crippen molar-refractivity contribution in [3.63, 3.8) is 0 Å². The maximum Gasteiger partial charge on any atom is 0.451 e. The largest absolute Gasteiger partial charge is 0.451 e. The zero-order chi connectivity index (χ0) is 26.9. The number of hydrogen-bond acceptors (Lipinski definition) is 7. The Morgan fingerprint density at radius 1 is 0.789 bits per heavy atom. The van der Waals surface area contributed by atoms with Crippen molar-refractivity contribution in [3.8, 4) is 22.4 Å². The molecule has 8 nitrogen and oxygen atoms in total. The summed E-state index contributed by atoms with van der Waals surface area (Å²) in [5.41, 5.74) is 1.11. The van der Waals surface area contributed by atoms with Crippen LogP contribution < -0.4 is 14.9 Å². The highest BCUT2D eigenvalue weighted by molar-refractivity contribution is 7.89. The number of rotatable bonds is 5. The number of sulfonamides is 1. The van der Waals surface area contributed by atoms with Crippen molar-refractivity contribution >= 4 is 21.7 Å². The Balaban J connectivity index is 1.67. The van der Waals surface area contributed by atoms with E-state index in [1.165, 1.54) is 24.3 Å². The van der Waals surface area contributed by atoms with Gasteiger partial charge in [0.15, 0.2) is 0 Å². The van der Waals surface area contributed by atoms with E-state index >= 15 is 0 Å². The molecule has 0 bridgehead atoms. The van der Waals surface area contributed by atoms with Crippen molar-refractivity contribution in [2.45, 2.75) is 11.1 Å². The van der Waals surface area contributed by atoms with Gasteiger partial charge in [-0.15, -0.1) is 0 Å². The molecule has 0 unspecified atom stereocenters. The van der Waals surface area contributed by atoms with E-state index in [9.17, 15) is 21.6 Å². The van der Waals surface area contributed by atoms with E-state index < -0.39 is 22.0 Å². The smallest absolute Gasteiger partial charge is 0.353 e. The summed E-state index contributed by atoms with van der Waals surface area (Å²) in [4.78, 5) is 15.9. The molecule has 196 valence electrons. The fourth-order valence-electron chi connectivity index (χ4n) is 4.39. The number of nitrogens with zero attached hydrogens (tertiary/aromatic N) is 5. The van der Waals surface area contributed by atoms with E-state index in [1.807, 2.05) is 18.2 Å². The van der Waals surface area contributed by atoms with Gasteiger partial charge < -0.3 is 9.80 Å². The van der Waals surface area contributed by atoms with Crippen LogP contribution in [0.1, 0.15) is 5.82 Å². The molecule has 0 aliphatic carbocycles. The number of primary sulfonamides is 1. The second kappa shape index (κ2) is 10.0. The van der Waals surface area contributed by atoms with Gasteiger partial charge in [0.25, 0.3) is 0 Å². The Hall–Kier alpha value is -4.03. The highest BCUT2D eigenvalue weighted by Gasteiger charge is 2.38. The summed E-state index contributed by atoms with van der Waals surface area (Å²) < 4.78 is 66.1. The van der Waals surface area contributed by atoms with Crippen molar-refractivity contribution < 1.29 is 21.6 Å². The average Bonchev–Trinajstić information content (AvgIpc) is 2.92. The molecule has 0 spiro atoms. The van der Waals surface area contributed by atoms with E-state index in [4.69, 9.17) is 5.14 Å². The number of aromatic nitrogens is 3. The molecule has 0 radical (unpaired) electrons. The predicted molar refractivity (Wildman–Crippen MR) is 138 cm³/mol. The molecule has 0 atom stereocenters. The van der Waals surface area contributed by atoms with Crippen LogP contribution in [0.4, 0.5) is 24.8 Å². The molecule has 12 heteroatoms. The molecule has 2 aromatic heterocycles. The van der Waals surface area contributed by atoms with Gasteiger partial charge in [0.2, 0.25) is 15.8 Å². The Morgan fingerprint density at radius 3 is 2.08 bits per heavy atom. The van der Waals surface area contributed by atoms with Crippen molar-refractivity contribution in [2.75, 3.05) is 36.0 Å². The van der Waals surface area contributed by atoms with E-state index in [0.29, 0.717) is 37.3 Å². The molecule has 1 aliphatic heterocycles. The monoisotopic (exact) mass is 540 g/mol. The standard InChI is InChI=1S/C26H23F3N6O2S/c27-26(28,29)25-32-23(19-9-6-10-20(17-19)38(30,36)37)22(18-7-2-1-3-8-18)24(33-25)35-15-13-34(14-16-35)21-11-4-5-12-31-21/h1-12,17H,13-16H2,(H2,30,36,37). The topological polar surface area (TPSA) is 105 Å². The lowest BCUT2D eigenvalue weighted by Gasteiger charge is -2.37. The first kappa shape index (κ1) is 25.6. The summed E-state index contributed by atoms with van der Waals surface area (Å²) in [6.45, 7) is 1.82. The van der Waals surface area contributed by atoms with Crippen molar-refractivity contribution in [1.82, 2.24) is 15.0 Å². The molecule has 0 saturated carbocycles. The van der Waals surface area contributed by atoms with Crippen LogP contribution in [-0.4, -0.2) is 49.5 Å². The molecule has 5 rings (SSSR count). The Kier molecular flexibility index (Phi) is 6.76. The Bertz CT molecular complexity index is 1540. The van der Waals surface area contributed by atoms with Crippen LogP contribution >= 0.6 is 0 Å². The van der Waals surface area contributed by atoms with Crippen LogP contribution in [0.5, 0.6) is 0 Å². The van der Waals surface area contributed by atoms with Crippen LogP contribution in [-0.2, 0) is 16.2 Å². The number of halogens is 3. The first-order valence-electron chi connectivity index (χ1n) is 11.7. The second-order valence-electron chi connectivity index (χ2n) is 8.69. The van der Waals surface area contributed by atoms with Gasteiger partial charge >= 0.3 is 6.18 Å². The number of anilines is 2. The zero-order valence-corrected chi connectivity index (χ0v) is 20.8. The van der Waals surface area contributed by atoms with Gasteiger partial charge in [-0.3, -0.25) is 0 Å². The van der Waals surface area contributed by atoms with Gasteiger partial charge in [-0.25, -0.2) is 28.5 Å². The van der Waals surface area contributed by atoms with E-state index in [-0.39, 0.29) is 22.0 Å². The summed E-state index contributed by atoms with van der Waals surface area (Å²) in [5, 5.41) is 5.30. The van der Waals surface area contributed by atoms with Gasteiger partial charge in [0, 0.05) is 37.9 Å². The zero-order valence-electron chi connectivity index (χ0n) is 20.0. The van der Waals surface area contributed by atoms with E-state index in [2.05, 4.69) is 19.9 Å². The first-order chi connectivity index (χ1) is 18.1. The maximum atomic E-state index is 14.0. The van der Waals surface area contributed by atoms with Gasteiger partial charge in [-0.05, 0) is 29.8 Å². The number of piperazine rings is 1. The lowest BCUT2D eigenvalue weighted by molar-refractivity contribution is -0.144. The lowest BCUT2D eigenvalue weighted by Crippen LogP contribution is -2.47. The van der Waals surface area contributed by atoms with Crippen molar-refractivity contribution in [2.24, 2.45) is 5.14 Å². The number of hydrogen-bond donors (Lipinski definition) is 1. The quantitative estimate of drug-likeness (QED) is 0.405. The number of benzene rings is 2. The molecule has 4 aromatic rings. The van der Waals surface area contributed by atoms with Crippen LogP contribution in [0.2, 0.25) is 0 Å².